The Morgan fingerprint density at radius 2 is 2.10 bits per heavy atom. The number of carbonyl (C=O) groups is 1. The summed E-state index contributed by atoms with van der Waals surface area (Å²) in [5, 5.41) is 12.1. The van der Waals surface area contributed by atoms with E-state index in [0.717, 1.165) is 17.7 Å². The second-order valence-electron chi connectivity index (χ2n) is 4.46. The fraction of sp³-hybridized carbons (Fsp3) is 0.200. The number of carboxylic acid groups (broad SMARTS) is 1. The van der Waals surface area contributed by atoms with Crippen LogP contribution in [0.4, 0.5) is 17.2 Å². The van der Waals surface area contributed by atoms with Crippen molar-refractivity contribution in [1.82, 2.24) is 4.98 Å². The molecule has 1 aromatic carbocycles. The van der Waals surface area contributed by atoms with Gasteiger partial charge in [-0.15, -0.1) is 0 Å². The molecule has 0 radical (unpaired) electrons. The molecule has 0 aliphatic carbocycles. The molecule has 1 heterocycles. The van der Waals surface area contributed by atoms with Crippen molar-refractivity contribution in [2.75, 3.05) is 24.8 Å². The van der Waals surface area contributed by atoms with Gasteiger partial charge in [-0.05, 0) is 30.2 Å². The predicted molar refractivity (Wildman–Crippen MR) is 80.9 cm³/mol. The lowest BCUT2D eigenvalue weighted by Crippen LogP contribution is -2.07. The van der Waals surface area contributed by atoms with E-state index in [1.54, 1.807) is 7.11 Å². The average Bonchev–Trinajstić information content (AvgIpc) is 2.48. The number of nitrogen functional groups attached to an aromatic ring is 1. The fourth-order valence-electron chi connectivity index (χ4n) is 1.89. The Balaban J connectivity index is 2.29. The Bertz CT molecular complexity index is 644. The first-order chi connectivity index (χ1) is 10.1. The highest BCUT2D eigenvalue weighted by Crippen LogP contribution is 2.24. The molecule has 2 rings (SSSR count). The summed E-state index contributed by atoms with van der Waals surface area (Å²) in [4.78, 5) is 15.0. The number of benzene rings is 1. The number of hydrogen-bond donors (Lipinski definition) is 3. The van der Waals surface area contributed by atoms with Crippen LogP contribution in [-0.4, -0.2) is 29.8 Å². The van der Waals surface area contributed by atoms with Crippen LogP contribution in [-0.2, 0) is 11.2 Å². The van der Waals surface area contributed by atoms with Gasteiger partial charge in [0.1, 0.15) is 0 Å². The third-order valence-electron chi connectivity index (χ3n) is 2.99. The van der Waals surface area contributed by atoms with Gasteiger partial charge in [-0.25, -0.2) is 9.78 Å². The third-order valence-corrected chi connectivity index (χ3v) is 2.99. The van der Waals surface area contributed by atoms with Crippen molar-refractivity contribution in [2.45, 2.75) is 6.42 Å². The minimum absolute atomic E-state index is 0.0546. The number of pyridine rings is 1. The maximum atomic E-state index is 11.0. The number of hydrogen-bond acceptors (Lipinski definition) is 5. The molecule has 110 valence electrons. The lowest BCUT2D eigenvalue weighted by Gasteiger charge is -2.13. The van der Waals surface area contributed by atoms with E-state index < -0.39 is 5.97 Å². The van der Waals surface area contributed by atoms with Crippen LogP contribution in [0.2, 0.25) is 0 Å². The Labute approximate surface area is 122 Å². The van der Waals surface area contributed by atoms with Gasteiger partial charge in [-0.2, -0.15) is 0 Å². The molecule has 0 amide bonds. The Hall–Kier alpha value is -2.60. The highest BCUT2D eigenvalue weighted by molar-refractivity contribution is 5.87. The van der Waals surface area contributed by atoms with Crippen molar-refractivity contribution >= 4 is 23.2 Å². The van der Waals surface area contributed by atoms with Crippen LogP contribution in [0.5, 0.6) is 0 Å². The number of rotatable bonds is 6. The van der Waals surface area contributed by atoms with Crippen molar-refractivity contribution in [3.8, 4) is 0 Å². The molecule has 0 aliphatic rings. The Kier molecular flexibility index (Phi) is 4.73. The van der Waals surface area contributed by atoms with Gasteiger partial charge in [0, 0.05) is 12.8 Å². The number of nitrogens with zero attached hydrogens (tertiary/aromatic N) is 1. The van der Waals surface area contributed by atoms with E-state index in [0.29, 0.717) is 18.1 Å². The molecule has 0 unspecified atom stereocenters. The maximum Gasteiger partial charge on any atom is 0.354 e. The summed E-state index contributed by atoms with van der Waals surface area (Å²) in [5.74, 6) is -0.759. The van der Waals surface area contributed by atoms with E-state index in [2.05, 4.69) is 10.3 Å². The number of aromatic carboxylic acids is 1. The lowest BCUT2D eigenvalue weighted by molar-refractivity contribution is 0.0690. The molecule has 6 heteroatoms. The molecule has 0 saturated heterocycles. The van der Waals surface area contributed by atoms with Crippen LogP contribution in [0.15, 0.2) is 36.4 Å². The summed E-state index contributed by atoms with van der Waals surface area (Å²) in [6, 6.07) is 10.6. The summed E-state index contributed by atoms with van der Waals surface area (Å²) in [5.41, 5.74) is 8.05. The second-order valence-corrected chi connectivity index (χ2v) is 4.46. The van der Waals surface area contributed by atoms with Gasteiger partial charge in [-0.1, -0.05) is 18.2 Å². The summed E-state index contributed by atoms with van der Waals surface area (Å²) in [6.07, 6.45) is 0.734. The van der Waals surface area contributed by atoms with Crippen LogP contribution in [0.1, 0.15) is 16.1 Å². The van der Waals surface area contributed by atoms with Crippen molar-refractivity contribution < 1.29 is 14.6 Å². The Morgan fingerprint density at radius 3 is 2.81 bits per heavy atom. The topological polar surface area (TPSA) is 97.5 Å². The van der Waals surface area contributed by atoms with Crippen LogP contribution in [0.3, 0.4) is 0 Å². The molecule has 1 aromatic heterocycles. The van der Waals surface area contributed by atoms with Crippen molar-refractivity contribution in [3.63, 3.8) is 0 Å². The number of methoxy groups -OCH3 is 1. The first-order valence-corrected chi connectivity index (χ1v) is 6.45. The quantitative estimate of drug-likeness (QED) is 0.754. The van der Waals surface area contributed by atoms with Crippen LogP contribution in [0, 0.1) is 0 Å². The Morgan fingerprint density at radius 1 is 1.33 bits per heavy atom. The zero-order valence-corrected chi connectivity index (χ0v) is 11.7. The monoisotopic (exact) mass is 287 g/mol. The molecule has 6 nitrogen and oxygen atoms in total. The largest absolute Gasteiger partial charge is 0.477 e. The first kappa shape index (κ1) is 14.8. The van der Waals surface area contributed by atoms with E-state index in [-0.39, 0.29) is 5.69 Å². The highest BCUT2D eigenvalue weighted by Gasteiger charge is 2.10. The number of anilines is 3. The van der Waals surface area contributed by atoms with Crippen LogP contribution < -0.4 is 11.1 Å². The fourth-order valence-corrected chi connectivity index (χ4v) is 1.89. The van der Waals surface area contributed by atoms with Crippen LogP contribution >= 0.6 is 0 Å². The third kappa shape index (κ3) is 3.70. The summed E-state index contributed by atoms with van der Waals surface area (Å²) >= 11 is 0. The van der Waals surface area contributed by atoms with Gasteiger partial charge < -0.3 is 20.9 Å². The standard InChI is InChI=1S/C15H17N3O3/c1-21-9-8-10-4-2-3-5-12(10)17-14-11(16)6-7-13(18-14)15(19)20/h2-7H,8-9,16H2,1H3,(H,17,18)(H,19,20). The minimum atomic E-state index is -1.09. The van der Waals surface area contributed by atoms with Gasteiger partial charge in [-0.3, -0.25) is 0 Å². The zero-order chi connectivity index (χ0) is 15.2. The predicted octanol–water partition coefficient (Wildman–Crippen LogP) is 2.29. The summed E-state index contributed by atoms with van der Waals surface area (Å²) < 4.78 is 5.08. The molecule has 21 heavy (non-hydrogen) atoms. The van der Waals surface area contributed by atoms with Crippen molar-refractivity contribution in [3.05, 3.63) is 47.7 Å². The van der Waals surface area contributed by atoms with Crippen molar-refractivity contribution in [2.24, 2.45) is 0 Å². The number of nitrogens with two attached hydrogens (primary N) is 1. The van der Waals surface area contributed by atoms with Crippen LogP contribution in [0.25, 0.3) is 0 Å². The molecule has 0 bridgehead atoms. The molecule has 4 N–H and O–H groups in total. The number of nitrogens with one attached hydrogen (secondary N) is 1. The average molecular weight is 287 g/mol. The molecule has 0 atom stereocenters. The molecular weight excluding hydrogens is 270 g/mol. The van der Waals surface area contributed by atoms with E-state index in [9.17, 15) is 4.79 Å². The lowest BCUT2D eigenvalue weighted by atomic mass is 10.1. The number of aromatic nitrogens is 1. The van der Waals surface area contributed by atoms with Crippen molar-refractivity contribution in [1.29, 1.82) is 0 Å². The van der Waals surface area contributed by atoms with Gasteiger partial charge in [0.25, 0.3) is 0 Å². The minimum Gasteiger partial charge on any atom is -0.477 e. The van der Waals surface area contributed by atoms with Gasteiger partial charge >= 0.3 is 5.97 Å². The first-order valence-electron chi connectivity index (χ1n) is 6.45. The molecule has 2 aromatic rings. The molecular formula is C15H17N3O3. The molecule has 0 aliphatic heterocycles. The number of carboxylic acids is 1. The van der Waals surface area contributed by atoms with E-state index in [1.807, 2.05) is 24.3 Å². The smallest absolute Gasteiger partial charge is 0.354 e. The SMILES string of the molecule is COCCc1ccccc1Nc1nc(C(=O)O)ccc1N. The summed E-state index contributed by atoms with van der Waals surface area (Å²) in [6.45, 7) is 0.594. The van der Waals surface area contributed by atoms with E-state index >= 15 is 0 Å². The van der Waals surface area contributed by atoms with Gasteiger partial charge in [0.15, 0.2) is 11.5 Å². The molecule has 0 fully saturated rings. The summed E-state index contributed by atoms with van der Waals surface area (Å²) in [7, 11) is 1.64. The number of para-hydroxylation sites is 1. The van der Waals surface area contributed by atoms with Gasteiger partial charge in [0.2, 0.25) is 0 Å². The normalized spacial score (nSPS) is 10.3. The maximum absolute atomic E-state index is 11.0. The van der Waals surface area contributed by atoms with Gasteiger partial charge in [0.05, 0.1) is 12.3 Å². The second kappa shape index (κ2) is 6.71. The molecule has 0 saturated carbocycles. The van der Waals surface area contributed by atoms with E-state index in [1.165, 1.54) is 12.1 Å². The highest BCUT2D eigenvalue weighted by atomic mass is 16.5. The number of ether oxygens (including phenoxy) is 1. The van der Waals surface area contributed by atoms with E-state index in [4.69, 9.17) is 15.6 Å². The molecule has 0 spiro atoms. The zero-order valence-electron chi connectivity index (χ0n) is 11.7.